The summed E-state index contributed by atoms with van der Waals surface area (Å²) < 4.78 is 11.2. The first-order valence-corrected chi connectivity index (χ1v) is 10.0. The van der Waals surface area contributed by atoms with Crippen molar-refractivity contribution in [3.8, 4) is 11.5 Å². The molecule has 6 heteroatoms. The number of alkyl halides is 2. The molecule has 2 rings (SSSR count). The molecule has 0 radical (unpaired) electrons. The van der Waals surface area contributed by atoms with Crippen molar-refractivity contribution in [2.45, 2.75) is 6.42 Å². The van der Waals surface area contributed by atoms with Gasteiger partial charge in [0.05, 0.1) is 23.9 Å². The summed E-state index contributed by atoms with van der Waals surface area (Å²) in [6.45, 7) is 1.04. The molecule has 0 spiro atoms. The minimum atomic E-state index is 0.0452. The van der Waals surface area contributed by atoms with Gasteiger partial charge in [-0.25, -0.2) is 0 Å². The Labute approximate surface area is 163 Å². The van der Waals surface area contributed by atoms with Crippen LogP contribution in [0.4, 0.5) is 0 Å². The van der Waals surface area contributed by atoms with Crippen molar-refractivity contribution in [2.75, 3.05) is 23.9 Å². The summed E-state index contributed by atoms with van der Waals surface area (Å²) in [5.74, 6) is 1.54. The van der Waals surface area contributed by atoms with Crippen LogP contribution in [0.5, 0.6) is 11.5 Å². The molecule has 4 nitrogen and oxygen atoms in total. The molecule has 0 N–H and O–H groups in total. The van der Waals surface area contributed by atoms with Gasteiger partial charge in [0.1, 0.15) is 11.5 Å². The molecule has 0 unspecified atom stereocenters. The molecule has 0 aliphatic carbocycles. The Bertz CT molecular complexity index is 635. The topological polar surface area (TPSA) is 52.6 Å². The number of halogens is 2. The van der Waals surface area contributed by atoms with Gasteiger partial charge in [0.15, 0.2) is 11.6 Å². The monoisotopic (exact) mass is 468 g/mol. The molecule has 0 fully saturated rings. The summed E-state index contributed by atoms with van der Waals surface area (Å²) in [5.41, 5.74) is 1.32. The summed E-state index contributed by atoms with van der Waals surface area (Å²) >= 11 is 6.30. The van der Waals surface area contributed by atoms with Crippen LogP contribution in [0.3, 0.4) is 0 Å². The SMILES string of the molecule is O=C(CBr)c1ccc(OCCCOc2ccc(C(=O)CBr)cc2)cc1. The van der Waals surface area contributed by atoms with E-state index in [4.69, 9.17) is 9.47 Å². The van der Waals surface area contributed by atoms with Crippen molar-refractivity contribution in [3.63, 3.8) is 0 Å². The molecule has 0 atom stereocenters. The molecule has 0 aliphatic heterocycles. The lowest BCUT2D eigenvalue weighted by atomic mass is 10.1. The molecular weight excluding hydrogens is 452 g/mol. The average Bonchev–Trinajstić information content (AvgIpc) is 2.67. The van der Waals surface area contributed by atoms with Crippen LogP contribution >= 0.6 is 31.9 Å². The number of carbonyl (C=O) groups excluding carboxylic acids is 2. The first-order valence-electron chi connectivity index (χ1n) is 7.78. The minimum Gasteiger partial charge on any atom is -0.493 e. The van der Waals surface area contributed by atoms with Gasteiger partial charge >= 0.3 is 0 Å². The van der Waals surface area contributed by atoms with Crippen LogP contribution in [-0.4, -0.2) is 35.4 Å². The first kappa shape index (κ1) is 19.7. The molecule has 0 heterocycles. The summed E-state index contributed by atoms with van der Waals surface area (Å²) in [6, 6.07) is 14.2. The molecule has 0 aromatic heterocycles. The van der Waals surface area contributed by atoms with Gasteiger partial charge in [-0.1, -0.05) is 31.9 Å². The van der Waals surface area contributed by atoms with Crippen molar-refractivity contribution in [3.05, 3.63) is 59.7 Å². The standard InChI is InChI=1S/C19H18Br2O4/c20-12-18(22)14-2-6-16(7-3-14)24-10-1-11-25-17-8-4-15(5-9-17)19(23)13-21/h2-9H,1,10-13H2. The van der Waals surface area contributed by atoms with Gasteiger partial charge in [-0.2, -0.15) is 0 Å². The predicted octanol–water partition coefficient (Wildman–Crippen LogP) is 4.69. The molecule has 0 aliphatic rings. The zero-order valence-electron chi connectivity index (χ0n) is 13.5. The number of hydrogen-bond donors (Lipinski definition) is 0. The zero-order chi connectivity index (χ0) is 18.1. The lowest BCUT2D eigenvalue weighted by Crippen LogP contribution is -2.06. The third-order valence-electron chi connectivity index (χ3n) is 3.42. The third kappa shape index (κ3) is 6.29. The fourth-order valence-corrected chi connectivity index (χ4v) is 2.71. The van der Waals surface area contributed by atoms with Gasteiger partial charge in [-0.3, -0.25) is 9.59 Å². The number of Topliss-reactive ketones (excluding diaryl/α,β-unsaturated/α-hetero) is 2. The van der Waals surface area contributed by atoms with Crippen molar-refractivity contribution in [2.24, 2.45) is 0 Å². The molecule has 132 valence electrons. The molecular formula is C19H18Br2O4. The van der Waals surface area contributed by atoms with Gasteiger partial charge in [0.2, 0.25) is 0 Å². The van der Waals surface area contributed by atoms with Gasteiger partial charge in [-0.15, -0.1) is 0 Å². The van der Waals surface area contributed by atoms with Crippen molar-refractivity contribution in [1.82, 2.24) is 0 Å². The normalized spacial score (nSPS) is 10.3. The van der Waals surface area contributed by atoms with E-state index in [1.165, 1.54) is 0 Å². The number of ketones is 2. The summed E-state index contributed by atoms with van der Waals surface area (Å²) in [5, 5.41) is 0.631. The largest absolute Gasteiger partial charge is 0.493 e. The van der Waals surface area contributed by atoms with Crippen LogP contribution in [0.25, 0.3) is 0 Å². The van der Waals surface area contributed by atoms with E-state index in [0.717, 1.165) is 17.9 Å². The lowest BCUT2D eigenvalue weighted by molar-refractivity contribution is 0.101. The fourth-order valence-electron chi connectivity index (χ4n) is 2.07. The molecule has 0 saturated heterocycles. The smallest absolute Gasteiger partial charge is 0.173 e. The first-order chi connectivity index (χ1) is 12.1. The quantitative estimate of drug-likeness (QED) is 0.287. The maximum atomic E-state index is 11.5. The van der Waals surface area contributed by atoms with Crippen LogP contribution in [0.15, 0.2) is 48.5 Å². The molecule has 0 bridgehead atoms. The Morgan fingerprint density at radius 3 is 1.36 bits per heavy atom. The highest BCUT2D eigenvalue weighted by Gasteiger charge is 2.05. The van der Waals surface area contributed by atoms with Gasteiger partial charge < -0.3 is 9.47 Å². The van der Waals surface area contributed by atoms with Crippen molar-refractivity contribution < 1.29 is 19.1 Å². The van der Waals surface area contributed by atoms with Crippen LogP contribution in [0.2, 0.25) is 0 Å². The lowest BCUT2D eigenvalue weighted by Gasteiger charge is -2.09. The third-order valence-corrected chi connectivity index (χ3v) is 4.44. The maximum absolute atomic E-state index is 11.5. The van der Waals surface area contributed by atoms with E-state index in [1.807, 2.05) is 0 Å². The number of carbonyl (C=O) groups is 2. The molecule has 0 amide bonds. The Balaban J connectivity index is 1.69. The van der Waals surface area contributed by atoms with Crippen molar-refractivity contribution in [1.29, 1.82) is 0 Å². The molecule has 2 aromatic carbocycles. The highest BCUT2D eigenvalue weighted by atomic mass is 79.9. The maximum Gasteiger partial charge on any atom is 0.173 e. The van der Waals surface area contributed by atoms with E-state index < -0.39 is 0 Å². The Kier molecular flexibility index (Phi) is 8.15. The van der Waals surface area contributed by atoms with E-state index >= 15 is 0 Å². The number of ether oxygens (including phenoxy) is 2. The van der Waals surface area contributed by atoms with E-state index in [-0.39, 0.29) is 11.6 Å². The second-order valence-electron chi connectivity index (χ2n) is 5.21. The van der Waals surface area contributed by atoms with E-state index in [1.54, 1.807) is 48.5 Å². The second kappa shape index (κ2) is 10.4. The van der Waals surface area contributed by atoms with E-state index in [0.29, 0.717) is 35.0 Å². The van der Waals surface area contributed by atoms with Gasteiger partial charge in [0, 0.05) is 17.5 Å². The van der Waals surface area contributed by atoms with Crippen molar-refractivity contribution >= 4 is 43.4 Å². The Hall–Kier alpha value is -1.66. The Morgan fingerprint density at radius 1 is 0.680 bits per heavy atom. The van der Waals surface area contributed by atoms with Crippen LogP contribution < -0.4 is 9.47 Å². The Morgan fingerprint density at radius 2 is 1.04 bits per heavy atom. The van der Waals surface area contributed by atoms with E-state index in [9.17, 15) is 9.59 Å². The number of benzene rings is 2. The highest BCUT2D eigenvalue weighted by Crippen LogP contribution is 2.15. The van der Waals surface area contributed by atoms with Gasteiger partial charge in [-0.05, 0) is 48.5 Å². The summed E-state index contributed by atoms with van der Waals surface area (Å²) in [6.07, 6.45) is 0.726. The van der Waals surface area contributed by atoms with Crippen LogP contribution in [0.1, 0.15) is 27.1 Å². The number of rotatable bonds is 10. The average molecular weight is 470 g/mol. The second-order valence-corrected chi connectivity index (χ2v) is 6.33. The molecule has 0 saturated carbocycles. The van der Waals surface area contributed by atoms with E-state index in [2.05, 4.69) is 31.9 Å². The highest BCUT2D eigenvalue weighted by molar-refractivity contribution is 9.09. The number of hydrogen-bond acceptors (Lipinski definition) is 4. The summed E-state index contributed by atoms with van der Waals surface area (Å²) in [4.78, 5) is 23.0. The minimum absolute atomic E-state index is 0.0452. The van der Waals surface area contributed by atoms with Crippen LogP contribution in [0, 0.1) is 0 Å². The van der Waals surface area contributed by atoms with Gasteiger partial charge in [0.25, 0.3) is 0 Å². The fraction of sp³-hybridized carbons (Fsp3) is 0.263. The zero-order valence-corrected chi connectivity index (χ0v) is 16.7. The van der Waals surface area contributed by atoms with Crippen LogP contribution in [-0.2, 0) is 0 Å². The summed E-state index contributed by atoms with van der Waals surface area (Å²) in [7, 11) is 0. The molecule has 25 heavy (non-hydrogen) atoms. The predicted molar refractivity (Wildman–Crippen MR) is 105 cm³/mol. The molecule has 2 aromatic rings.